The van der Waals surface area contributed by atoms with E-state index < -0.39 is 11.8 Å². The molecule has 3 heterocycles. The summed E-state index contributed by atoms with van der Waals surface area (Å²) in [4.78, 5) is 29.4. The summed E-state index contributed by atoms with van der Waals surface area (Å²) >= 11 is 13.5. The van der Waals surface area contributed by atoms with E-state index in [4.69, 9.17) is 47.2 Å². The average Bonchev–Trinajstić information content (AvgIpc) is 3.58. The first-order valence-corrected chi connectivity index (χ1v) is 20.1. The summed E-state index contributed by atoms with van der Waals surface area (Å²) in [6.07, 6.45) is 1.56. The van der Waals surface area contributed by atoms with Gasteiger partial charge in [-0.25, -0.2) is 9.18 Å². The quantitative estimate of drug-likeness (QED) is 0.108. The van der Waals surface area contributed by atoms with Gasteiger partial charge in [0.2, 0.25) is 0 Å². The van der Waals surface area contributed by atoms with Crippen LogP contribution in [0.15, 0.2) is 60.7 Å². The van der Waals surface area contributed by atoms with Crippen molar-refractivity contribution in [3.8, 4) is 34.1 Å². The predicted octanol–water partition coefficient (Wildman–Crippen LogP) is 9.95. The average molecular weight is 844 g/mol. The monoisotopic (exact) mass is 842 g/mol. The number of aromatic carboxylic acids is 1. The summed E-state index contributed by atoms with van der Waals surface area (Å²) in [6.45, 7) is 8.78. The van der Waals surface area contributed by atoms with Gasteiger partial charge in [0.15, 0.2) is 23.1 Å². The molecule has 7 rings (SSSR count). The Morgan fingerprint density at radius 2 is 1.63 bits per heavy atom. The molecule has 59 heavy (non-hydrogen) atoms. The Morgan fingerprint density at radius 1 is 0.898 bits per heavy atom. The summed E-state index contributed by atoms with van der Waals surface area (Å²) in [5, 5.41) is 17.0. The molecule has 0 bridgehead atoms. The molecule has 308 valence electrons. The first-order valence-electron chi connectivity index (χ1n) is 19.3. The first-order chi connectivity index (χ1) is 28.3. The number of para-hydroxylation sites is 1. The molecule has 0 atom stereocenters. The van der Waals surface area contributed by atoms with E-state index in [1.165, 1.54) is 31.4 Å². The number of hydrogen-bond donors (Lipinski definition) is 1. The maximum atomic E-state index is 15.3. The minimum Gasteiger partial charge on any atom is -0.494 e. The standard InChI is InChI=1S/C45H45Cl2FN4O7/c1-25-21-30(22-26(2)40(25)47)57-18-9-11-31-32-14-15-33(46)39(38-27(3)49-50(5)28(38)4)41(32)52-17-10-16-51(44(53)42(31)52)35-23-29(45(54)55)24-37(56-6)43(35)59-20-19-58-36-13-8-7-12-34(36)48/h7-8,12-15,21-24H,9-11,16-20H2,1-6H3,(H,54,55). The SMILES string of the molecule is COc1cc(C(=O)O)cc(N2CCCn3c(c(CCCOc4cc(C)c(Cl)c(C)c4)c4ccc(Cl)c(-c5c(C)nn(C)c5C)c43)C2=O)c1OCCOc1ccccc1F. The second-order valence-corrected chi connectivity index (χ2v) is 15.3. The molecule has 14 heteroatoms. The number of halogens is 3. The largest absolute Gasteiger partial charge is 0.494 e. The topological polar surface area (TPSA) is 117 Å². The maximum Gasteiger partial charge on any atom is 0.335 e. The third-order valence-electron chi connectivity index (χ3n) is 10.7. The zero-order valence-electron chi connectivity index (χ0n) is 33.7. The Hall–Kier alpha value is -5.72. The summed E-state index contributed by atoms with van der Waals surface area (Å²) in [6, 6.07) is 16.4. The van der Waals surface area contributed by atoms with Crippen LogP contribution in [0.2, 0.25) is 10.0 Å². The van der Waals surface area contributed by atoms with Gasteiger partial charge in [-0.1, -0.05) is 41.4 Å². The lowest BCUT2D eigenvalue weighted by atomic mass is 9.98. The molecular weight excluding hydrogens is 798 g/mol. The Bertz CT molecular complexity index is 2580. The number of carbonyl (C=O) groups excluding carboxylic acids is 1. The van der Waals surface area contributed by atoms with Crippen molar-refractivity contribution in [1.29, 1.82) is 0 Å². The molecular formula is C45H45Cl2FN4O7. The molecule has 0 aliphatic carbocycles. The van der Waals surface area contributed by atoms with Crippen LogP contribution in [-0.4, -0.2) is 64.8 Å². The minimum atomic E-state index is -1.20. The number of carbonyl (C=O) groups is 2. The summed E-state index contributed by atoms with van der Waals surface area (Å²) in [5.41, 5.74) is 7.47. The van der Waals surface area contributed by atoms with Crippen molar-refractivity contribution in [2.45, 2.75) is 53.5 Å². The highest BCUT2D eigenvalue weighted by molar-refractivity contribution is 6.35. The van der Waals surface area contributed by atoms with Gasteiger partial charge in [-0.05, 0) is 106 Å². The van der Waals surface area contributed by atoms with E-state index in [-0.39, 0.29) is 54.2 Å². The lowest BCUT2D eigenvalue weighted by Crippen LogP contribution is -2.32. The van der Waals surface area contributed by atoms with Gasteiger partial charge in [-0.3, -0.25) is 9.48 Å². The van der Waals surface area contributed by atoms with Crippen molar-refractivity contribution in [2.24, 2.45) is 7.05 Å². The zero-order chi connectivity index (χ0) is 42.1. The number of nitrogens with zero attached hydrogens (tertiary/aromatic N) is 4. The molecule has 0 saturated carbocycles. The highest BCUT2D eigenvalue weighted by atomic mass is 35.5. The fourth-order valence-corrected chi connectivity index (χ4v) is 8.28. The van der Waals surface area contributed by atoms with E-state index in [0.29, 0.717) is 53.9 Å². The van der Waals surface area contributed by atoms with Gasteiger partial charge in [0, 0.05) is 47.4 Å². The number of hydrogen-bond acceptors (Lipinski definition) is 7. The Morgan fingerprint density at radius 3 is 2.31 bits per heavy atom. The summed E-state index contributed by atoms with van der Waals surface area (Å²) in [5.74, 6) is -1.03. The number of aryl methyl sites for hydroxylation is 6. The van der Waals surface area contributed by atoms with Crippen LogP contribution >= 0.6 is 23.2 Å². The molecule has 6 aromatic rings. The maximum absolute atomic E-state index is 15.3. The third kappa shape index (κ3) is 8.03. The minimum absolute atomic E-state index is 0.0372. The van der Waals surface area contributed by atoms with Gasteiger partial charge < -0.3 is 33.5 Å². The fourth-order valence-electron chi connectivity index (χ4n) is 7.93. The lowest BCUT2D eigenvalue weighted by molar-refractivity contribution is 0.0695. The van der Waals surface area contributed by atoms with E-state index in [9.17, 15) is 14.3 Å². The fraction of sp³-hybridized carbons (Fsp3) is 0.311. The number of ether oxygens (including phenoxy) is 4. The lowest BCUT2D eigenvalue weighted by Gasteiger charge is -2.25. The Kier molecular flexibility index (Phi) is 12.1. The molecule has 0 radical (unpaired) electrons. The number of methoxy groups -OCH3 is 1. The van der Waals surface area contributed by atoms with Gasteiger partial charge >= 0.3 is 5.97 Å². The number of rotatable bonds is 14. The number of anilines is 1. The van der Waals surface area contributed by atoms with Gasteiger partial charge in [0.25, 0.3) is 5.91 Å². The van der Waals surface area contributed by atoms with Crippen molar-refractivity contribution in [3.63, 3.8) is 0 Å². The highest BCUT2D eigenvalue weighted by Gasteiger charge is 2.34. The van der Waals surface area contributed by atoms with Gasteiger partial charge in [-0.2, -0.15) is 5.10 Å². The molecule has 0 spiro atoms. The molecule has 0 unspecified atom stereocenters. The molecule has 2 aromatic heterocycles. The van der Waals surface area contributed by atoms with Crippen molar-refractivity contribution < 1.29 is 38.0 Å². The molecule has 0 saturated heterocycles. The predicted molar refractivity (Wildman–Crippen MR) is 227 cm³/mol. The number of fused-ring (bicyclic) bond motifs is 3. The van der Waals surface area contributed by atoms with E-state index >= 15 is 4.79 Å². The van der Waals surface area contributed by atoms with Crippen molar-refractivity contribution in [3.05, 3.63) is 116 Å². The molecule has 1 N–H and O–H groups in total. The van der Waals surface area contributed by atoms with Crippen LogP contribution in [0.4, 0.5) is 10.1 Å². The number of carboxylic acids is 1. The zero-order valence-corrected chi connectivity index (χ0v) is 35.3. The van der Waals surface area contributed by atoms with E-state index in [1.807, 2.05) is 68.3 Å². The van der Waals surface area contributed by atoms with Crippen LogP contribution in [0, 0.1) is 33.5 Å². The highest BCUT2D eigenvalue weighted by Crippen LogP contribution is 2.45. The van der Waals surface area contributed by atoms with Crippen molar-refractivity contribution in [2.75, 3.05) is 38.4 Å². The molecule has 0 fully saturated rings. The number of benzene rings is 4. The molecule has 1 amide bonds. The molecule has 1 aliphatic rings. The van der Waals surface area contributed by atoms with Crippen LogP contribution in [0.25, 0.3) is 22.0 Å². The van der Waals surface area contributed by atoms with Crippen LogP contribution in [0.3, 0.4) is 0 Å². The number of aromatic nitrogens is 3. The first kappa shape index (κ1) is 41.4. The van der Waals surface area contributed by atoms with Crippen LogP contribution < -0.4 is 23.8 Å². The molecule has 11 nitrogen and oxygen atoms in total. The second kappa shape index (κ2) is 17.2. The normalized spacial score (nSPS) is 12.8. The Labute approximate surface area is 351 Å². The molecule has 1 aliphatic heterocycles. The Balaban J connectivity index is 1.32. The smallest absolute Gasteiger partial charge is 0.335 e. The van der Waals surface area contributed by atoms with E-state index in [1.54, 1.807) is 17.0 Å². The van der Waals surface area contributed by atoms with Gasteiger partial charge in [-0.15, -0.1) is 0 Å². The van der Waals surface area contributed by atoms with Gasteiger partial charge in [0.05, 0.1) is 41.2 Å². The van der Waals surface area contributed by atoms with Crippen LogP contribution in [0.1, 0.15) is 61.8 Å². The van der Waals surface area contributed by atoms with E-state index in [0.717, 1.165) is 50.1 Å². The van der Waals surface area contributed by atoms with Crippen molar-refractivity contribution >= 4 is 51.7 Å². The summed E-state index contributed by atoms with van der Waals surface area (Å²) in [7, 11) is 3.29. The third-order valence-corrected chi connectivity index (χ3v) is 11.6. The summed E-state index contributed by atoms with van der Waals surface area (Å²) < 4.78 is 41.9. The number of carboxylic acid groups (broad SMARTS) is 1. The van der Waals surface area contributed by atoms with Gasteiger partial charge in [0.1, 0.15) is 24.7 Å². The molecule has 4 aromatic carbocycles. The van der Waals surface area contributed by atoms with Crippen LogP contribution in [0.5, 0.6) is 23.0 Å². The second-order valence-electron chi connectivity index (χ2n) is 14.6. The van der Waals surface area contributed by atoms with Crippen LogP contribution in [-0.2, 0) is 20.0 Å². The van der Waals surface area contributed by atoms with Crippen molar-refractivity contribution in [1.82, 2.24) is 14.3 Å². The number of amides is 1. The van der Waals surface area contributed by atoms with E-state index in [2.05, 4.69) is 0 Å².